The molecule has 0 bridgehead atoms. The zero-order valence-corrected chi connectivity index (χ0v) is 21.5. The number of aromatic nitrogens is 2. The van der Waals surface area contributed by atoms with Gasteiger partial charge in [-0.2, -0.15) is 4.98 Å². The largest absolute Gasteiger partial charge is 0.354 e. The van der Waals surface area contributed by atoms with Gasteiger partial charge in [-0.3, -0.25) is 19.6 Å². The average molecular weight is 511 g/mol. The highest BCUT2D eigenvalue weighted by Gasteiger charge is 2.24. The number of nitrogens with zero attached hydrogens (tertiary/aromatic N) is 5. The summed E-state index contributed by atoms with van der Waals surface area (Å²) in [4.78, 5) is 46.8. The predicted octanol–water partition coefficient (Wildman–Crippen LogP) is 0.959. The van der Waals surface area contributed by atoms with Crippen LogP contribution in [-0.2, 0) is 11.3 Å². The summed E-state index contributed by atoms with van der Waals surface area (Å²) in [5, 5.41) is 2.68. The molecule has 1 aromatic carbocycles. The van der Waals surface area contributed by atoms with Crippen LogP contribution in [0.5, 0.6) is 0 Å². The molecule has 4 rings (SSSR count). The van der Waals surface area contributed by atoms with Crippen LogP contribution >= 0.6 is 0 Å². The molecule has 0 atom stereocenters. The van der Waals surface area contributed by atoms with Gasteiger partial charge in [0.2, 0.25) is 5.91 Å². The van der Waals surface area contributed by atoms with Gasteiger partial charge in [-0.15, -0.1) is 0 Å². The number of urea groups is 1. The summed E-state index contributed by atoms with van der Waals surface area (Å²) in [7, 11) is 0. The van der Waals surface area contributed by atoms with Crippen LogP contribution in [-0.4, -0.2) is 87.5 Å². The Kier molecular flexibility index (Phi) is 8.91. The van der Waals surface area contributed by atoms with E-state index in [1.165, 1.54) is 10.1 Å². The van der Waals surface area contributed by atoms with Gasteiger partial charge in [0.15, 0.2) is 0 Å². The van der Waals surface area contributed by atoms with E-state index in [0.29, 0.717) is 44.0 Å². The number of carbonyl (C=O) groups excluding carboxylic acids is 2. The van der Waals surface area contributed by atoms with Gasteiger partial charge in [0, 0.05) is 51.0 Å². The van der Waals surface area contributed by atoms with Crippen LogP contribution in [0.15, 0.2) is 41.3 Å². The molecule has 5 N–H and O–H groups in total. The molecule has 3 amide bonds. The van der Waals surface area contributed by atoms with Crippen LogP contribution in [0.2, 0.25) is 0 Å². The van der Waals surface area contributed by atoms with E-state index in [2.05, 4.69) is 22.1 Å². The summed E-state index contributed by atoms with van der Waals surface area (Å²) in [5.41, 5.74) is 12.9. The Labute approximate surface area is 217 Å². The Balaban J connectivity index is 1.34. The highest BCUT2D eigenvalue weighted by atomic mass is 16.2. The first kappa shape index (κ1) is 26.8. The molecule has 2 heterocycles. The van der Waals surface area contributed by atoms with Crippen molar-refractivity contribution in [2.24, 2.45) is 11.5 Å². The lowest BCUT2D eigenvalue weighted by Gasteiger charge is -2.35. The maximum Gasteiger partial charge on any atom is 0.354 e. The molecule has 200 valence electrons. The Morgan fingerprint density at radius 2 is 1.68 bits per heavy atom. The Hall–Kier alpha value is -3.28. The van der Waals surface area contributed by atoms with E-state index in [1.807, 2.05) is 24.3 Å². The van der Waals surface area contributed by atoms with Crippen LogP contribution < -0.4 is 22.5 Å². The van der Waals surface area contributed by atoms with Crippen molar-refractivity contribution in [3.63, 3.8) is 0 Å². The van der Waals surface area contributed by atoms with Gasteiger partial charge >= 0.3 is 11.7 Å². The lowest BCUT2D eigenvalue weighted by Crippen LogP contribution is -2.52. The maximum atomic E-state index is 12.7. The second-order valence-electron chi connectivity index (χ2n) is 9.77. The average Bonchev–Trinajstić information content (AvgIpc) is 2.92. The van der Waals surface area contributed by atoms with Crippen LogP contribution in [0.3, 0.4) is 0 Å². The molecule has 2 aliphatic rings. The van der Waals surface area contributed by atoms with Crippen molar-refractivity contribution < 1.29 is 9.59 Å². The van der Waals surface area contributed by atoms with Gasteiger partial charge in [0.05, 0.1) is 12.2 Å². The minimum absolute atomic E-state index is 0.0393. The van der Waals surface area contributed by atoms with Crippen molar-refractivity contribution in [1.82, 2.24) is 24.3 Å². The number of carbonyl (C=O) groups is 2. The van der Waals surface area contributed by atoms with Crippen LogP contribution in [0.25, 0.3) is 5.69 Å². The molecule has 1 saturated carbocycles. The highest BCUT2D eigenvalue weighted by Crippen LogP contribution is 2.23. The Bertz CT molecular complexity index is 1120. The van der Waals surface area contributed by atoms with Crippen molar-refractivity contribution in [2.45, 2.75) is 51.2 Å². The topological polar surface area (TPSA) is 143 Å². The number of benzene rings is 1. The number of nitrogens with two attached hydrogens (primary N) is 2. The van der Waals surface area contributed by atoms with Crippen molar-refractivity contribution in [2.75, 3.05) is 44.6 Å². The SMILES string of the molecule is CCN(Cc1ccc(-n2ccc(NC(=O)N3CCN(C(=O)CN)CC3)nc2=O)cc1)C1CCC(N)CC1. The number of hydrogen-bond donors (Lipinski definition) is 3. The first-order valence-corrected chi connectivity index (χ1v) is 13.1. The molecule has 2 fully saturated rings. The minimum Gasteiger partial charge on any atom is -0.338 e. The minimum atomic E-state index is -0.474. The highest BCUT2D eigenvalue weighted by molar-refractivity contribution is 5.88. The number of hydrogen-bond acceptors (Lipinski definition) is 7. The molecular formula is C26H38N8O3. The third-order valence-electron chi connectivity index (χ3n) is 7.40. The van der Waals surface area contributed by atoms with Gasteiger partial charge in [-0.1, -0.05) is 19.1 Å². The smallest absolute Gasteiger partial charge is 0.338 e. The van der Waals surface area contributed by atoms with E-state index in [-0.39, 0.29) is 24.3 Å². The van der Waals surface area contributed by atoms with Gasteiger partial charge in [0.1, 0.15) is 5.82 Å². The zero-order valence-electron chi connectivity index (χ0n) is 21.5. The van der Waals surface area contributed by atoms with Crippen LogP contribution in [0.4, 0.5) is 10.6 Å². The second kappa shape index (κ2) is 12.3. The van der Waals surface area contributed by atoms with Gasteiger partial charge in [0.25, 0.3) is 0 Å². The molecule has 0 spiro atoms. The van der Waals surface area contributed by atoms with Crippen molar-refractivity contribution in [3.8, 4) is 5.69 Å². The predicted molar refractivity (Wildman–Crippen MR) is 142 cm³/mol. The second-order valence-corrected chi connectivity index (χ2v) is 9.77. The molecule has 11 nitrogen and oxygen atoms in total. The van der Waals surface area contributed by atoms with Crippen molar-refractivity contribution >= 4 is 17.8 Å². The molecule has 0 unspecified atom stereocenters. The van der Waals surface area contributed by atoms with Crippen LogP contribution in [0, 0.1) is 0 Å². The number of rotatable bonds is 7. The monoisotopic (exact) mass is 510 g/mol. The Morgan fingerprint density at radius 3 is 2.27 bits per heavy atom. The van der Waals surface area contributed by atoms with Crippen molar-refractivity contribution in [3.05, 3.63) is 52.6 Å². The molecular weight excluding hydrogens is 472 g/mol. The van der Waals surface area contributed by atoms with E-state index in [1.54, 1.807) is 22.1 Å². The molecule has 11 heteroatoms. The normalized spacial score (nSPS) is 20.2. The number of nitrogens with one attached hydrogen (secondary N) is 1. The standard InChI is InChI=1S/C26H38N8O3/c1-2-31(21-9-5-20(28)6-10-21)18-19-3-7-22(8-4-19)34-12-11-23(30-26(34)37)29-25(36)33-15-13-32(14-16-33)24(35)17-27/h3-4,7-8,11-12,20-21H,2,5-6,9-10,13-18,27-28H2,1H3,(H,29,30,36,37). The maximum absolute atomic E-state index is 12.7. The lowest BCUT2D eigenvalue weighted by molar-refractivity contribution is -0.131. The third kappa shape index (κ3) is 6.73. The summed E-state index contributed by atoms with van der Waals surface area (Å²) in [6.07, 6.45) is 6.06. The number of amides is 3. The first-order valence-electron chi connectivity index (χ1n) is 13.1. The molecule has 37 heavy (non-hydrogen) atoms. The molecule has 1 aliphatic carbocycles. The molecule has 1 aliphatic heterocycles. The number of piperazine rings is 1. The van der Waals surface area contributed by atoms with Crippen LogP contribution in [0.1, 0.15) is 38.2 Å². The zero-order chi connectivity index (χ0) is 26.4. The molecule has 2 aromatic rings. The molecule has 0 radical (unpaired) electrons. The Morgan fingerprint density at radius 1 is 1.03 bits per heavy atom. The fourth-order valence-electron chi connectivity index (χ4n) is 5.11. The van der Waals surface area contributed by atoms with E-state index in [4.69, 9.17) is 11.5 Å². The first-order chi connectivity index (χ1) is 17.9. The summed E-state index contributed by atoms with van der Waals surface area (Å²) >= 11 is 0. The van der Waals surface area contributed by atoms with Gasteiger partial charge < -0.3 is 21.3 Å². The van der Waals surface area contributed by atoms with E-state index < -0.39 is 5.69 Å². The van der Waals surface area contributed by atoms with Gasteiger partial charge in [-0.25, -0.2) is 9.59 Å². The van der Waals surface area contributed by atoms with E-state index in [0.717, 1.165) is 38.8 Å². The summed E-state index contributed by atoms with van der Waals surface area (Å²) in [6, 6.07) is 10.1. The number of anilines is 1. The summed E-state index contributed by atoms with van der Waals surface area (Å²) < 4.78 is 1.46. The quantitative estimate of drug-likeness (QED) is 0.503. The van der Waals surface area contributed by atoms with E-state index >= 15 is 0 Å². The van der Waals surface area contributed by atoms with Gasteiger partial charge in [-0.05, 0) is 56.0 Å². The fraction of sp³-hybridized carbons (Fsp3) is 0.538. The molecule has 1 saturated heterocycles. The third-order valence-corrected chi connectivity index (χ3v) is 7.40. The summed E-state index contributed by atoms with van der Waals surface area (Å²) in [5.74, 6) is 0.0598. The van der Waals surface area contributed by atoms with Crippen molar-refractivity contribution in [1.29, 1.82) is 0 Å². The molecule has 1 aromatic heterocycles. The van der Waals surface area contributed by atoms with E-state index in [9.17, 15) is 14.4 Å². The fourth-order valence-corrected chi connectivity index (χ4v) is 5.11. The summed E-state index contributed by atoms with van der Waals surface area (Å²) in [6.45, 7) is 5.65. The lowest BCUT2D eigenvalue weighted by atomic mass is 9.90.